The van der Waals surface area contributed by atoms with Gasteiger partial charge in [-0.1, -0.05) is 0 Å². The van der Waals surface area contributed by atoms with Gasteiger partial charge >= 0.3 is 0 Å². The largest absolute Gasteiger partial charge is 0.454 e. The van der Waals surface area contributed by atoms with E-state index in [1.807, 2.05) is 0 Å². The van der Waals surface area contributed by atoms with E-state index in [-0.39, 0.29) is 30.4 Å². The monoisotopic (exact) mass is 467 g/mol. The Balaban J connectivity index is 1.05. The van der Waals surface area contributed by atoms with Crippen LogP contribution in [0.25, 0.3) is 0 Å². The maximum absolute atomic E-state index is 13.6. The number of nitrogens with zero attached hydrogens (tertiary/aromatic N) is 2. The topological polar surface area (TPSA) is 88.2 Å². The van der Waals surface area contributed by atoms with E-state index < -0.39 is 0 Å². The summed E-state index contributed by atoms with van der Waals surface area (Å²) in [6.07, 6.45) is 7.29. The van der Waals surface area contributed by atoms with E-state index in [2.05, 4.69) is 15.1 Å². The van der Waals surface area contributed by atoms with Gasteiger partial charge in [0.05, 0.1) is 17.6 Å². The molecule has 2 aliphatic heterocycles. The molecule has 2 heterocycles. The number of hydrogen-bond donors (Lipinski definition) is 1. The Morgan fingerprint density at radius 1 is 0.941 bits per heavy atom. The smallest absolute Gasteiger partial charge is 0.238 e. The highest BCUT2D eigenvalue weighted by molar-refractivity contribution is 6.05. The first-order chi connectivity index (χ1) is 16.4. The molecule has 4 aliphatic carbocycles. The molecule has 1 N–H and O–H groups in total. The number of amides is 2. The van der Waals surface area contributed by atoms with Gasteiger partial charge in [0.1, 0.15) is 0 Å². The molecule has 1 aromatic rings. The minimum Gasteiger partial charge on any atom is -0.454 e. The molecule has 4 bridgehead atoms. The average molecular weight is 468 g/mol. The molecule has 1 aromatic carbocycles. The summed E-state index contributed by atoms with van der Waals surface area (Å²) < 4.78 is 10.7. The fourth-order valence-electron chi connectivity index (χ4n) is 7.55. The molecule has 4 saturated carbocycles. The van der Waals surface area contributed by atoms with Crippen LogP contribution in [0, 0.1) is 23.2 Å². The van der Waals surface area contributed by atoms with Gasteiger partial charge in [-0.2, -0.15) is 0 Å². The fourth-order valence-corrected chi connectivity index (χ4v) is 7.55. The molecule has 0 aromatic heterocycles. The summed E-state index contributed by atoms with van der Waals surface area (Å²) in [5.41, 5.74) is 0.748. The summed E-state index contributed by atoms with van der Waals surface area (Å²) >= 11 is 0. The van der Waals surface area contributed by atoms with Crippen LogP contribution in [0.1, 0.15) is 55.8 Å². The van der Waals surface area contributed by atoms with Crippen molar-refractivity contribution < 1.29 is 23.9 Å². The van der Waals surface area contributed by atoms with Crippen LogP contribution in [0.4, 0.5) is 5.69 Å². The quantitative estimate of drug-likeness (QED) is 0.670. The van der Waals surface area contributed by atoms with Crippen molar-refractivity contribution in [1.29, 1.82) is 0 Å². The molecular weight excluding hydrogens is 434 g/mol. The predicted molar refractivity (Wildman–Crippen MR) is 125 cm³/mol. The van der Waals surface area contributed by atoms with Crippen LogP contribution in [-0.2, 0) is 9.59 Å². The van der Waals surface area contributed by atoms with E-state index in [1.54, 1.807) is 12.1 Å². The van der Waals surface area contributed by atoms with Gasteiger partial charge in [0, 0.05) is 37.8 Å². The summed E-state index contributed by atoms with van der Waals surface area (Å²) in [5.74, 6) is 3.37. The number of nitrogens with one attached hydrogen (secondary N) is 1. The van der Waals surface area contributed by atoms with Gasteiger partial charge in [-0.15, -0.1) is 0 Å². The summed E-state index contributed by atoms with van der Waals surface area (Å²) in [5, 5.41) is 2.87. The number of piperazine rings is 1. The first-order valence-electron chi connectivity index (χ1n) is 12.6. The van der Waals surface area contributed by atoms with Crippen molar-refractivity contribution in [2.45, 2.75) is 45.4 Å². The van der Waals surface area contributed by atoms with Crippen molar-refractivity contribution >= 4 is 23.3 Å². The normalized spacial score (nSPS) is 31.6. The third-order valence-corrected chi connectivity index (χ3v) is 8.68. The van der Waals surface area contributed by atoms with Gasteiger partial charge in [-0.3, -0.25) is 19.3 Å². The van der Waals surface area contributed by atoms with Crippen LogP contribution >= 0.6 is 0 Å². The molecule has 0 unspecified atom stereocenters. The van der Waals surface area contributed by atoms with Gasteiger partial charge in [0.25, 0.3) is 0 Å². The second-order valence-electron chi connectivity index (χ2n) is 11.1. The van der Waals surface area contributed by atoms with Crippen LogP contribution in [0.15, 0.2) is 12.1 Å². The maximum atomic E-state index is 13.6. The summed E-state index contributed by atoms with van der Waals surface area (Å²) in [7, 11) is 0. The van der Waals surface area contributed by atoms with Crippen LogP contribution < -0.4 is 14.8 Å². The van der Waals surface area contributed by atoms with Gasteiger partial charge in [-0.25, -0.2) is 0 Å². The summed E-state index contributed by atoms with van der Waals surface area (Å²) in [6, 6.07) is 3.27. The molecule has 8 heteroatoms. The predicted octanol–water partition coefficient (Wildman–Crippen LogP) is 2.92. The second kappa shape index (κ2) is 8.26. The van der Waals surface area contributed by atoms with Crippen LogP contribution in [0.3, 0.4) is 0 Å². The number of anilines is 1. The number of ketones is 1. The highest BCUT2D eigenvalue weighted by Crippen LogP contribution is 2.60. The zero-order valence-electron chi connectivity index (χ0n) is 19.8. The number of ether oxygens (including phenoxy) is 2. The van der Waals surface area contributed by atoms with Gasteiger partial charge in [0.2, 0.25) is 18.6 Å². The van der Waals surface area contributed by atoms with E-state index in [9.17, 15) is 14.4 Å². The van der Waals surface area contributed by atoms with Crippen LogP contribution in [0.5, 0.6) is 11.5 Å². The van der Waals surface area contributed by atoms with Crippen molar-refractivity contribution in [2.75, 3.05) is 44.8 Å². The molecule has 6 aliphatic rings. The summed E-state index contributed by atoms with van der Waals surface area (Å²) in [6.45, 7) is 4.53. The first kappa shape index (κ1) is 21.9. The molecule has 2 amide bonds. The third kappa shape index (κ3) is 3.85. The standard InChI is InChI=1S/C26H33N3O5/c1-16(30)20-9-22-23(34-15-33-22)10-21(20)27-24(31)14-28-2-4-29(5-3-28)25(32)26-11-17-6-18(12-26)8-19(7-17)13-26/h9-10,17-19H,2-8,11-15H2,1H3,(H,27,31). The molecule has 0 radical (unpaired) electrons. The van der Waals surface area contributed by atoms with Crippen molar-refractivity contribution in [3.63, 3.8) is 0 Å². The Kier molecular flexibility index (Phi) is 5.32. The third-order valence-electron chi connectivity index (χ3n) is 8.68. The number of carbonyl (C=O) groups is 3. The first-order valence-corrected chi connectivity index (χ1v) is 12.6. The SMILES string of the molecule is CC(=O)c1cc2c(cc1NC(=O)CN1CCN(C(=O)C34CC5CC(CC(C5)C3)C4)CC1)OCO2. The second-order valence-corrected chi connectivity index (χ2v) is 11.1. The minimum atomic E-state index is -0.178. The average Bonchev–Trinajstić information content (AvgIpc) is 3.25. The zero-order chi connectivity index (χ0) is 23.4. The molecule has 1 saturated heterocycles. The van der Waals surface area contributed by atoms with Crippen LogP contribution in [0.2, 0.25) is 0 Å². The lowest BCUT2D eigenvalue weighted by Gasteiger charge is -2.57. The molecule has 0 atom stereocenters. The maximum Gasteiger partial charge on any atom is 0.238 e. The van der Waals surface area contributed by atoms with Crippen LogP contribution in [-0.4, -0.2) is 66.9 Å². The Morgan fingerprint density at radius 3 is 2.12 bits per heavy atom. The lowest BCUT2D eigenvalue weighted by molar-refractivity contribution is -0.159. The summed E-state index contributed by atoms with van der Waals surface area (Å²) in [4.78, 5) is 42.6. The van der Waals surface area contributed by atoms with Crippen molar-refractivity contribution in [1.82, 2.24) is 9.80 Å². The lowest BCUT2D eigenvalue weighted by atomic mass is 9.49. The van der Waals surface area contributed by atoms with E-state index in [0.29, 0.717) is 54.8 Å². The number of Topliss-reactive ketones (excluding diaryl/α,β-unsaturated/α-hetero) is 1. The Labute approximate surface area is 199 Å². The Morgan fingerprint density at radius 2 is 1.53 bits per heavy atom. The molecule has 0 spiro atoms. The van der Waals surface area contributed by atoms with Gasteiger partial charge in [-0.05, 0) is 69.3 Å². The molecule has 7 rings (SSSR count). The van der Waals surface area contributed by atoms with Crippen molar-refractivity contribution in [3.05, 3.63) is 17.7 Å². The minimum absolute atomic E-state index is 0.100. The number of rotatable bonds is 5. The number of fused-ring (bicyclic) bond motifs is 1. The molecule has 8 nitrogen and oxygen atoms in total. The Bertz CT molecular complexity index is 994. The molecule has 5 fully saturated rings. The highest BCUT2D eigenvalue weighted by atomic mass is 16.7. The lowest BCUT2D eigenvalue weighted by Crippen LogP contribution is -2.58. The number of hydrogen-bond acceptors (Lipinski definition) is 6. The number of carbonyl (C=O) groups excluding carboxylic acids is 3. The van der Waals surface area contributed by atoms with Gasteiger partial charge < -0.3 is 19.7 Å². The highest BCUT2D eigenvalue weighted by Gasteiger charge is 2.55. The van der Waals surface area contributed by atoms with Crippen molar-refractivity contribution in [3.8, 4) is 11.5 Å². The molecule has 34 heavy (non-hydrogen) atoms. The van der Waals surface area contributed by atoms with Crippen molar-refractivity contribution in [2.24, 2.45) is 23.2 Å². The van der Waals surface area contributed by atoms with E-state index in [4.69, 9.17) is 9.47 Å². The fraction of sp³-hybridized carbons (Fsp3) is 0.654. The zero-order valence-corrected chi connectivity index (χ0v) is 19.8. The Hall–Kier alpha value is -2.61. The van der Waals surface area contributed by atoms with E-state index in [1.165, 1.54) is 26.2 Å². The van der Waals surface area contributed by atoms with Gasteiger partial charge in [0.15, 0.2) is 17.3 Å². The van der Waals surface area contributed by atoms with E-state index in [0.717, 1.165) is 37.0 Å². The van der Waals surface area contributed by atoms with E-state index >= 15 is 0 Å². The molecule has 182 valence electrons. The number of benzene rings is 1. The molecular formula is C26H33N3O5.